The molecule has 1 heterocycles. The van der Waals surface area contributed by atoms with Crippen LogP contribution < -0.4 is 15.0 Å². The molecular weight excluding hydrogens is 340 g/mol. The first-order valence-electron chi connectivity index (χ1n) is 9.46. The smallest absolute Gasteiger partial charge is 0.242 e. The summed E-state index contributed by atoms with van der Waals surface area (Å²) in [7, 11) is 1.64. The summed E-state index contributed by atoms with van der Waals surface area (Å²) in [5.74, 6) is 0.617. The van der Waals surface area contributed by atoms with Crippen molar-refractivity contribution < 1.29 is 14.3 Å². The van der Waals surface area contributed by atoms with Gasteiger partial charge in [0.25, 0.3) is 0 Å². The summed E-state index contributed by atoms with van der Waals surface area (Å²) in [5.41, 5.74) is 2.30. The van der Waals surface area contributed by atoms with Crippen molar-refractivity contribution in [2.24, 2.45) is 5.41 Å². The fraction of sp³-hybridized carbons (Fsp3) is 0.364. The molecule has 0 atom stereocenters. The monoisotopic (exact) mass is 364 g/mol. The van der Waals surface area contributed by atoms with Crippen LogP contribution in [0.25, 0.3) is 0 Å². The van der Waals surface area contributed by atoms with Gasteiger partial charge in [-0.15, -0.1) is 0 Å². The molecule has 140 valence electrons. The SMILES string of the molecule is COc1ccccc1CCNC(=O)C1(C(=O)N2CCc3ccccc32)CC1. The van der Waals surface area contributed by atoms with E-state index in [2.05, 4.69) is 11.4 Å². The highest BCUT2D eigenvalue weighted by molar-refractivity contribution is 6.14. The number of carbonyl (C=O) groups excluding carboxylic acids is 2. The Hall–Kier alpha value is -2.82. The fourth-order valence-corrected chi connectivity index (χ4v) is 3.86. The number of ether oxygens (including phenoxy) is 1. The first-order valence-corrected chi connectivity index (χ1v) is 9.46. The molecule has 0 unspecified atom stereocenters. The van der Waals surface area contributed by atoms with Gasteiger partial charge in [0.05, 0.1) is 7.11 Å². The van der Waals surface area contributed by atoms with Gasteiger partial charge in [-0.3, -0.25) is 9.59 Å². The highest BCUT2D eigenvalue weighted by Gasteiger charge is 2.58. The molecule has 1 aliphatic heterocycles. The second kappa shape index (κ2) is 7.06. The third-order valence-corrected chi connectivity index (χ3v) is 5.60. The van der Waals surface area contributed by atoms with E-state index >= 15 is 0 Å². The zero-order valence-electron chi connectivity index (χ0n) is 15.5. The average molecular weight is 364 g/mol. The Morgan fingerprint density at radius 3 is 2.63 bits per heavy atom. The van der Waals surface area contributed by atoms with E-state index in [0.29, 0.717) is 32.4 Å². The molecule has 1 fully saturated rings. The summed E-state index contributed by atoms with van der Waals surface area (Å²) < 4.78 is 5.35. The molecule has 0 saturated heterocycles. The molecule has 4 rings (SSSR count). The Kier molecular flexibility index (Phi) is 4.60. The lowest BCUT2D eigenvalue weighted by molar-refractivity contribution is -0.135. The van der Waals surface area contributed by atoms with E-state index in [1.165, 1.54) is 5.56 Å². The number of para-hydroxylation sites is 2. The molecule has 2 aliphatic rings. The predicted molar refractivity (Wildman–Crippen MR) is 104 cm³/mol. The van der Waals surface area contributed by atoms with Crippen LogP contribution in [0.1, 0.15) is 24.0 Å². The first-order chi connectivity index (χ1) is 13.2. The molecule has 2 aromatic rings. The van der Waals surface area contributed by atoms with Gasteiger partial charge in [-0.25, -0.2) is 0 Å². The molecule has 0 spiro atoms. The Morgan fingerprint density at radius 2 is 1.85 bits per heavy atom. The van der Waals surface area contributed by atoms with Gasteiger partial charge in [-0.2, -0.15) is 0 Å². The van der Waals surface area contributed by atoms with E-state index in [-0.39, 0.29) is 11.8 Å². The number of carbonyl (C=O) groups is 2. The summed E-state index contributed by atoms with van der Waals surface area (Å²) in [5, 5.41) is 2.97. The largest absolute Gasteiger partial charge is 0.496 e. The number of rotatable bonds is 6. The van der Waals surface area contributed by atoms with E-state index in [4.69, 9.17) is 4.74 Å². The molecule has 0 bridgehead atoms. The third kappa shape index (κ3) is 3.18. The summed E-state index contributed by atoms with van der Waals surface area (Å²) >= 11 is 0. The summed E-state index contributed by atoms with van der Waals surface area (Å²) in [6.07, 6.45) is 2.79. The lowest BCUT2D eigenvalue weighted by Gasteiger charge is -2.23. The minimum Gasteiger partial charge on any atom is -0.496 e. The maximum Gasteiger partial charge on any atom is 0.242 e. The van der Waals surface area contributed by atoms with Gasteiger partial charge >= 0.3 is 0 Å². The van der Waals surface area contributed by atoms with Crippen LogP contribution in [0.2, 0.25) is 0 Å². The van der Waals surface area contributed by atoms with Crippen molar-refractivity contribution >= 4 is 17.5 Å². The Morgan fingerprint density at radius 1 is 1.11 bits per heavy atom. The highest BCUT2D eigenvalue weighted by atomic mass is 16.5. The van der Waals surface area contributed by atoms with Gasteiger partial charge < -0.3 is 15.0 Å². The molecule has 5 nitrogen and oxygen atoms in total. The van der Waals surface area contributed by atoms with Crippen LogP contribution >= 0.6 is 0 Å². The molecular formula is C22H24N2O3. The number of methoxy groups -OCH3 is 1. The average Bonchev–Trinajstić information content (AvgIpc) is 3.41. The highest BCUT2D eigenvalue weighted by Crippen LogP contribution is 2.49. The van der Waals surface area contributed by atoms with Gasteiger partial charge in [-0.1, -0.05) is 36.4 Å². The normalized spacial score (nSPS) is 16.6. The van der Waals surface area contributed by atoms with Gasteiger partial charge in [0.15, 0.2) is 0 Å². The minimum absolute atomic E-state index is 0.0535. The van der Waals surface area contributed by atoms with Crippen molar-refractivity contribution in [1.29, 1.82) is 0 Å². The Bertz CT molecular complexity index is 873. The van der Waals surface area contributed by atoms with Crippen molar-refractivity contribution in [2.45, 2.75) is 25.7 Å². The summed E-state index contributed by atoms with van der Waals surface area (Å²) in [6, 6.07) is 15.7. The molecule has 0 aromatic heterocycles. The van der Waals surface area contributed by atoms with E-state index < -0.39 is 5.41 Å². The quantitative estimate of drug-likeness (QED) is 0.802. The van der Waals surface area contributed by atoms with Gasteiger partial charge in [0.1, 0.15) is 11.2 Å². The molecule has 0 radical (unpaired) electrons. The first kappa shape index (κ1) is 17.6. The lowest BCUT2D eigenvalue weighted by atomic mass is 10.0. The number of benzene rings is 2. The van der Waals surface area contributed by atoms with Crippen LogP contribution in [0.4, 0.5) is 5.69 Å². The molecule has 1 aliphatic carbocycles. The van der Waals surface area contributed by atoms with Crippen LogP contribution in [0.5, 0.6) is 5.75 Å². The number of fused-ring (bicyclic) bond motifs is 1. The number of hydrogen-bond acceptors (Lipinski definition) is 3. The molecule has 27 heavy (non-hydrogen) atoms. The maximum absolute atomic E-state index is 13.1. The van der Waals surface area contributed by atoms with Crippen molar-refractivity contribution in [2.75, 3.05) is 25.1 Å². The zero-order valence-corrected chi connectivity index (χ0v) is 15.5. The number of nitrogens with one attached hydrogen (secondary N) is 1. The van der Waals surface area contributed by atoms with E-state index in [0.717, 1.165) is 23.4 Å². The van der Waals surface area contributed by atoms with Gasteiger partial charge in [0.2, 0.25) is 11.8 Å². The van der Waals surface area contributed by atoms with Crippen LogP contribution in [-0.2, 0) is 22.4 Å². The predicted octanol–water partition coefficient (Wildman–Crippen LogP) is 2.72. The molecule has 1 N–H and O–H groups in total. The van der Waals surface area contributed by atoms with E-state index in [1.807, 2.05) is 42.5 Å². The zero-order chi connectivity index (χ0) is 18.9. The van der Waals surface area contributed by atoms with Crippen LogP contribution in [-0.4, -0.2) is 32.0 Å². The molecule has 2 aromatic carbocycles. The van der Waals surface area contributed by atoms with Crippen molar-refractivity contribution in [3.63, 3.8) is 0 Å². The Labute approximate surface area is 159 Å². The van der Waals surface area contributed by atoms with Crippen molar-refractivity contribution in [3.8, 4) is 5.75 Å². The van der Waals surface area contributed by atoms with Crippen LogP contribution in [0.15, 0.2) is 48.5 Å². The second-order valence-corrected chi connectivity index (χ2v) is 7.24. The Balaban J connectivity index is 1.39. The van der Waals surface area contributed by atoms with Crippen LogP contribution in [0, 0.1) is 5.41 Å². The van der Waals surface area contributed by atoms with E-state index in [9.17, 15) is 9.59 Å². The second-order valence-electron chi connectivity index (χ2n) is 7.24. The summed E-state index contributed by atoms with van der Waals surface area (Å²) in [4.78, 5) is 27.7. The number of nitrogens with zero attached hydrogens (tertiary/aromatic N) is 1. The lowest BCUT2D eigenvalue weighted by Crippen LogP contribution is -2.45. The number of amides is 2. The van der Waals surface area contributed by atoms with E-state index in [1.54, 1.807) is 12.0 Å². The fourth-order valence-electron chi connectivity index (χ4n) is 3.86. The van der Waals surface area contributed by atoms with Crippen LogP contribution in [0.3, 0.4) is 0 Å². The standard InChI is InChI=1S/C22H24N2O3/c1-27-19-9-5-3-7-17(19)10-14-23-20(25)22(12-13-22)21(26)24-15-11-16-6-2-4-8-18(16)24/h2-9H,10-15H2,1H3,(H,23,25). The topological polar surface area (TPSA) is 58.6 Å². The van der Waals surface area contributed by atoms with Gasteiger partial charge in [-0.05, 0) is 48.9 Å². The van der Waals surface area contributed by atoms with Crippen molar-refractivity contribution in [3.05, 3.63) is 59.7 Å². The number of hydrogen-bond donors (Lipinski definition) is 1. The molecule has 2 amide bonds. The number of anilines is 1. The van der Waals surface area contributed by atoms with Crippen molar-refractivity contribution in [1.82, 2.24) is 5.32 Å². The maximum atomic E-state index is 13.1. The van der Waals surface area contributed by atoms with Gasteiger partial charge in [0, 0.05) is 18.8 Å². The minimum atomic E-state index is -0.877. The summed E-state index contributed by atoms with van der Waals surface area (Å²) in [6.45, 7) is 1.15. The molecule has 1 saturated carbocycles. The third-order valence-electron chi connectivity index (χ3n) is 5.60. The molecule has 5 heteroatoms.